The van der Waals surface area contributed by atoms with Gasteiger partial charge >= 0.3 is 0 Å². The molecule has 0 spiro atoms. The fraction of sp³-hybridized carbons (Fsp3) is 0.409. The summed E-state index contributed by atoms with van der Waals surface area (Å²) in [4.78, 5) is 15.2. The molecule has 0 aliphatic carbocycles. The molecule has 0 unspecified atom stereocenters. The zero-order valence-electron chi connectivity index (χ0n) is 15.4. The minimum atomic E-state index is -0.179. The van der Waals surface area contributed by atoms with Crippen molar-refractivity contribution in [2.24, 2.45) is 5.92 Å². The van der Waals surface area contributed by atoms with Crippen LogP contribution < -0.4 is 10.1 Å². The number of nitrogens with zero attached hydrogens (tertiary/aromatic N) is 1. The Bertz CT molecular complexity index is 818. The molecular formula is C22H25ClN2O2. The third-order valence-corrected chi connectivity index (χ3v) is 5.70. The van der Waals surface area contributed by atoms with Gasteiger partial charge in [-0.1, -0.05) is 35.9 Å². The van der Waals surface area contributed by atoms with Crippen LogP contribution in [0.5, 0.6) is 5.75 Å². The Morgan fingerprint density at radius 1 is 1.15 bits per heavy atom. The Kier molecular flexibility index (Phi) is 5.65. The Morgan fingerprint density at radius 2 is 1.93 bits per heavy atom. The SMILES string of the molecule is O=C(NCc1ccccc1CN1CCCC1)[C@@H]1COc2ccc(Cl)cc2C1. The molecule has 1 amide bonds. The molecule has 142 valence electrons. The van der Waals surface area contributed by atoms with Crippen LogP contribution in [-0.2, 0) is 24.3 Å². The molecule has 1 atom stereocenters. The van der Waals surface area contributed by atoms with Crippen molar-refractivity contribution in [2.45, 2.75) is 32.4 Å². The molecule has 1 N–H and O–H groups in total. The summed E-state index contributed by atoms with van der Waals surface area (Å²) in [5.41, 5.74) is 3.50. The van der Waals surface area contributed by atoms with E-state index in [1.165, 1.54) is 37.1 Å². The zero-order chi connectivity index (χ0) is 18.6. The van der Waals surface area contributed by atoms with Crippen molar-refractivity contribution in [3.05, 3.63) is 64.2 Å². The molecule has 2 aliphatic rings. The Labute approximate surface area is 165 Å². The molecule has 5 heteroatoms. The first-order valence-electron chi connectivity index (χ1n) is 9.67. The van der Waals surface area contributed by atoms with Gasteiger partial charge in [-0.25, -0.2) is 0 Å². The van der Waals surface area contributed by atoms with Crippen LogP contribution in [0.4, 0.5) is 0 Å². The molecule has 0 radical (unpaired) electrons. The number of likely N-dealkylation sites (tertiary alicyclic amines) is 1. The van der Waals surface area contributed by atoms with Crippen LogP contribution >= 0.6 is 11.6 Å². The van der Waals surface area contributed by atoms with Gasteiger partial charge < -0.3 is 10.1 Å². The number of rotatable bonds is 5. The second kappa shape index (κ2) is 8.32. The van der Waals surface area contributed by atoms with Gasteiger partial charge in [0.1, 0.15) is 12.4 Å². The van der Waals surface area contributed by atoms with E-state index in [-0.39, 0.29) is 11.8 Å². The topological polar surface area (TPSA) is 41.6 Å². The number of carbonyl (C=O) groups excluding carboxylic acids is 1. The van der Waals surface area contributed by atoms with E-state index < -0.39 is 0 Å². The smallest absolute Gasteiger partial charge is 0.227 e. The van der Waals surface area contributed by atoms with E-state index >= 15 is 0 Å². The van der Waals surface area contributed by atoms with Crippen LogP contribution in [0.1, 0.15) is 29.5 Å². The van der Waals surface area contributed by atoms with Crippen molar-refractivity contribution in [3.8, 4) is 5.75 Å². The molecule has 2 aromatic rings. The van der Waals surface area contributed by atoms with Crippen LogP contribution in [0.3, 0.4) is 0 Å². The van der Waals surface area contributed by atoms with E-state index in [1.54, 1.807) is 0 Å². The highest BCUT2D eigenvalue weighted by Gasteiger charge is 2.26. The summed E-state index contributed by atoms with van der Waals surface area (Å²) < 4.78 is 5.75. The Balaban J connectivity index is 1.37. The molecule has 4 nitrogen and oxygen atoms in total. The van der Waals surface area contributed by atoms with Crippen molar-refractivity contribution in [1.29, 1.82) is 0 Å². The number of halogens is 1. The second-order valence-corrected chi connectivity index (χ2v) is 7.87. The number of hydrogen-bond donors (Lipinski definition) is 1. The average Bonchev–Trinajstić information content (AvgIpc) is 3.19. The van der Waals surface area contributed by atoms with Crippen molar-refractivity contribution in [3.63, 3.8) is 0 Å². The molecule has 0 bridgehead atoms. The van der Waals surface area contributed by atoms with E-state index in [2.05, 4.69) is 28.4 Å². The fourth-order valence-electron chi connectivity index (χ4n) is 3.92. The lowest BCUT2D eigenvalue weighted by atomic mass is 9.96. The standard InChI is InChI=1S/C22H25ClN2O2/c23-20-7-8-21-18(12-20)11-19(15-27-21)22(26)24-13-16-5-1-2-6-17(16)14-25-9-3-4-10-25/h1-2,5-8,12,19H,3-4,9-11,13-15H2,(H,24,26)/t19-/m0/s1. The van der Waals surface area contributed by atoms with Gasteiger partial charge in [0.15, 0.2) is 0 Å². The highest BCUT2D eigenvalue weighted by atomic mass is 35.5. The van der Waals surface area contributed by atoms with Crippen molar-refractivity contribution in [1.82, 2.24) is 10.2 Å². The van der Waals surface area contributed by atoms with Crippen LogP contribution in [0.15, 0.2) is 42.5 Å². The number of carbonyl (C=O) groups is 1. The predicted octanol–water partition coefficient (Wildman–Crippen LogP) is 3.80. The maximum Gasteiger partial charge on any atom is 0.227 e. The molecule has 1 fully saturated rings. The number of benzene rings is 2. The summed E-state index contributed by atoms with van der Waals surface area (Å²) in [6, 6.07) is 14.0. The summed E-state index contributed by atoms with van der Waals surface area (Å²) in [6.45, 7) is 4.27. The largest absolute Gasteiger partial charge is 0.492 e. The van der Waals surface area contributed by atoms with Crippen molar-refractivity contribution >= 4 is 17.5 Å². The average molecular weight is 385 g/mol. The van der Waals surface area contributed by atoms with Crippen LogP contribution in [-0.4, -0.2) is 30.5 Å². The lowest BCUT2D eigenvalue weighted by Crippen LogP contribution is -2.37. The van der Waals surface area contributed by atoms with Gasteiger partial charge in [0.25, 0.3) is 0 Å². The molecule has 27 heavy (non-hydrogen) atoms. The number of amides is 1. The molecule has 2 aromatic carbocycles. The lowest BCUT2D eigenvalue weighted by molar-refractivity contribution is -0.126. The quantitative estimate of drug-likeness (QED) is 0.852. The first-order valence-corrected chi connectivity index (χ1v) is 10.0. The fourth-order valence-corrected chi connectivity index (χ4v) is 4.12. The van der Waals surface area contributed by atoms with Gasteiger partial charge in [0, 0.05) is 18.1 Å². The van der Waals surface area contributed by atoms with E-state index in [1.807, 2.05) is 24.3 Å². The maximum absolute atomic E-state index is 12.7. The van der Waals surface area contributed by atoms with Gasteiger partial charge in [-0.2, -0.15) is 0 Å². The molecule has 0 aromatic heterocycles. The molecule has 4 rings (SSSR count). The minimum Gasteiger partial charge on any atom is -0.492 e. The monoisotopic (exact) mass is 384 g/mol. The Morgan fingerprint density at radius 3 is 2.74 bits per heavy atom. The zero-order valence-corrected chi connectivity index (χ0v) is 16.2. The molecule has 2 heterocycles. The second-order valence-electron chi connectivity index (χ2n) is 7.43. The number of ether oxygens (including phenoxy) is 1. The van der Waals surface area contributed by atoms with E-state index in [0.717, 1.165) is 17.9 Å². The van der Waals surface area contributed by atoms with Gasteiger partial charge in [0.05, 0.1) is 5.92 Å². The third kappa shape index (κ3) is 4.45. The van der Waals surface area contributed by atoms with E-state index in [9.17, 15) is 4.79 Å². The maximum atomic E-state index is 12.7. The molecule has 2 aliphatic heterocycles. The van der Waals surface area contributed by atoms with Gasteiger partial charge in [-0.15, -0.1) is 0 Å². The first kappa shape index (κ1) is 18.3. The first-order chi connectivity index (χ1) is 13.2. The third-order valence-electron chi connectivity index (χ3n) is 5.46. The van der Waals surface area contributed by atoms with Crippen LogP contribution in [0.2, 0.25) is 5.02 Å². The van der Waals surface area contributed by atoms with Crippen LogP contribution in [0.25, 0.3) is 0 Å². The lowest BCUT2D eigenvalue weighted by Gasteiger charge is -2.25. The molecule has 1 saturated heterocycles. The predicted molar refractivity (Wildman–Crippen MR) is 107 cm³/mol. The molecular weight excluding hydrogens is 360 g/mol. The number of fused-ring (bicyclic) bond motifs is 1. The summed E-state index contributed by atoms with van der Waals surface area (Å²) in [6.07, 6.45) is 3.23. The number of hydrogen-bond acceptors (Lipinski definition) is 3. The van der Waals surface area contributed by atoms with E-state index in [0.29, 0.717) is 24.6 Å². The molecule has 0 saturated carbocycles. The van der Waals surface area contributed by atoms with Gasteiger partial charge in [-0.05, 0) is 67.2 Å². The van der Waals surface area contributed by atoms with Gasteiger partial charge in [0.2, 0.25) is 5.91 Å². The Hall–Kier alpha value is -2.04. The summed E-state index contributed by atoms with van der Waals surface area (Å²) in [5, 5.41) is 3.78. The van der Waals surface area contributed by atoms with Crippen molar-refractivity contribution in [2.75, 3.05) is 19.7 Å². The summed E-state index contributed by atoms with van der Waals surface area (Å²) in [7, 11) is 0. The van der Waals surface area contributed by atoms with Crippen molar-refractivity contribution < 1.29 is 9.53 Å². The summed E-state index contributed by atoms with van der Waals surface area (Å²) in [5.74, 6) is 0.692. The summed E-state index contributed by atoms with van der Waals surface area (Å²) >= 11 is 6.07. The normalized spacial score (nSPS) is 19.4. The van der Waals surface area contributed by atoms with Crippen LogP contribution in [0, 0.1) is 5.92 Å². The van der Waals surface area contributed by atoms with E-state index in [4.69, 9.17) is 16.3 Å². The van der Waals surface area contributed by atoms with Gasteiger partial charge in [-0.3, -0.25) is 9.69 Å². The highest BCUT2D eigenvalue weighted by molar-refractivity contribution is 6.30. The minimum absolute atomic E-state index is 0.0385. The number of nitrogens with one attached hydrogen (secondary N) is 1. The highest BCUT2D eigenvalue weighted by Crippen LogP contribution is 2.30.